The number of para-hydroxylation sites is 1. The molecule has 0 fully saturated rings. The maximum Gasteiger partial charge on any atom is 0.339 e. The smallest absolute Gasteiger partial charge is 0.339 e. The molecule has 1 amide bonds. The Labute approximate surface area is 143 Å². The van der Waals surface area contributed by atoms with Crippen molar-refractivity contribution < 1.29 is 18.7 Å². The first-order chi connectivity index (χ1) is 12.2. The summed E-state index contributed by atoms with van der Waals surface area (Å²) in [5, 5.41) is 5.73. The number of ether oxygens (including phenoxy) is 1. The summed E-state index contributed by atoms with van der Waals surface area (Å²) >= 11 is 0. The van der Waals surface area contributed by atoms with Gasteiger partial charge >= 0.3 is 5.97 Å². The SMILES string of the molecule is COC(=O)c1ccccc1Nc1ccc(NC(=O)c2ccco2)nc1. The second-order valence-corrected chi connectivity index (χ2v) is 5.03. The molecule has 3 aromatic rings. The Morgan fingerprint density at radius 3 is 2.60 bits per heavy atom. The third kappa shape index (κ3) is 3.84. The van der Waals surface area contributed by atoms with Crippen LogP contribution in [0.2, 0.25) is 0 Å². The van der Waals surface area contributed by atoms with Crippen molar-refractivity contribution in [2.75, 3.05) is 17.7 Å². The molecular formula is C18H15N3O4. The van der Waals surface area contributed by atoms with E-state index in [2.05, 4.69) is 15.6 Å². The third-order valence-corrected chi connectivity index (χ3v) is 3.36. The van der Waals surface area contributed by atoms with Crippen molar-refractivity contribution >= 4 is 29.1 Å². The van der Waals surface area contributed by atoms with Gasteiger partial charge in [0.25, 0.3) is 5.91 Å². The zero-order valence-electron chi connectivity index (χ0n) is 13.4. The van der Waals surface area contributed by atoms with Gasteiger partial charge in [-0.15, -0.1) is 0 Å². The van der Waals surface area contributed by atoms with E-state index in [-0.39, 0.29) is 11.7 Å². The summed E-state index contributed by atoms with van der Waals surface area (Å²) in [4.78, 5) is 27.8. The fraction of sp³-hybridized carbons (Fsp3) is 0.0556. The maximum atomic E-state index is 11.9. The average Bonchev–Trinajstić information content (AvgIpc) is 3.18. The van der Waals surface area contributed by atoms with Crippen molar-refractivity contribution in [2.45, 2.75) is 0 Å². The second-order valence-electron chi connectivity index (χ2n) is 5.03. The van der Waals surface area contributed by atoms with E-state index in [1.165, 1.54) is 13.4 Å². The van der Waals surface area contributed by atoms with Crippen LogP contribution in [0.5, 0.6) is 0 Å². The molecule has 0 saturated carbocycles. The Morgan fingerprint density at radius 1 is 1.08 bits per heavy atom. The van der Waals surface area contributed by atoms with E-state index < -0.39 is 5.97 Å². The molecule has 2 aromatic heterocycles. The monoisotopic (exact) mass is 337 g/mol. The molecule has 0 bridgehead atoms. The molecule has 1 aromatic carbocycles. The van der Waals surface area contributed by atoms with Crippen molar-refractivity contribution in [3.05, 3.63) is 72.3 Å². The standard InChI is InChI=1S/C18H15N3O4/c1-24-18(23)13-5-2-3-6-14(13)20-12-8-9-16(19-11-12)21-17(22)15-7-4-10-25-15/h2-11,20H,1H3,(H,19,21,22). The number of rotatable bonds is 5. The van der Waals surface area contributed by atoms with Crippen LogP contribution in [-0.2, 0) is 4.74 Å². The quantitative estimate of drug-likeness (QED) is 0.693. The maximum absolute atomic E-state index is 11.9. The number of methoxy groups -OCH3 is 1. The number of nitrogens with one attached hydrogen (secondary N) is 2. The number of benzene rings is 1. The number of nitrogens with zero attached hydrogens (tertiary/aromatic N) is 1. The minimum Gasteiger partial charge on any atom is -0.465 e. The van der Waals surface area contributed by atoms with Gasteiger partial charge in [-0.1, -0.05) is 12.1 Å². The molecule has 0 aliphatic heterocycles. The summed E-state index contributed by atoms with van der Waals surface area (Å²) in [5.41, 5.74) is 1.68. The Morgan fingerprint density at radius 2 is 1.92 bits per heavy atom. The lowest BCUT2D eigenvalue weighted by molar-refractivity contribution is 0.0601. The topological polar surface area (TPSA) is 93.5 Å². The first-order valence-electron chi connectivity index (χ1n) is 7.42. The second kappa shape index (κ2) is 7.31. The van der Waals surface area contributed by atoms with Crippen molar-refractivity contribution in [1.82, 2.24) is 4.98 Å². The normalized spacial score (nSPS) is 10.1. The highest BCUT2D eigenvalue weighted by molar-refractivity contribution is 6.01. The molecule has 0 spiro atoms. The van der Waals surface area contributed by atoms with Gasteiger partial charge in [0.05, 0.1) is 36.5 Å². The molecular weight excluding hydrogens is 322 g/mol. The van der Waals surface area contributed by atoms with E-state index in [0.717, 1.165) is 0 Å². The first-order valence-corrected chi connectivity index (χ1v) is 7.42. The summed E-state index contributed by atoms with van der Waals surface area (Å²) in [6, 6.07) is 13.6. The summed E-state index contributed by atoms with van der Waals surface area (Å²) < 4.78 is 9.78. The summed E-state index contributed by atoms with van der Waals surface area (Å²) in [5.74, 6) is -0.225. The first kappa shape index (κ1) is 16.3. The third-order valence-electron chi connectivity index (χ3n) is 3.36. The number of furan rings is 1. The predicted molar refractivity (Wildman–Crippen MR) is 92.0 cm³/mol. The lowest BCUT2D eigenvalue weighted by Gasteiger charge is -2.11. The molecule has 25 heavy (non-hydrogen) atoms. The Bertz CT molecular complexity index is 874. The molecule has 0 aliphatic carbocycles. The van der Waals surface area contributed by atoms with E-state index in [0.29, 0.717) is 22.8 Å². The fourth-order valence-corrected chi connectivity index (χ4v) is 2.16. The number of anilines is 3. The van der Waals surface area contributed by atoms with Gasteiger partial charge in [0, 0.05) is 0 Å². The molecule has 3 rings (SSSR count). The van der Waals surface area contributed by atoms with Crippen LogP contribution in [-0.4, -0.2) is 24.0 Å². The molecule has 126 valence electrons. The summed E-state index contributed by atoms with van der Waals surface area (Å²) in [6.07, 6.45) is 2.97. The molecule has 0 saturated heterocycles. The number of pyridine rings is 1. The van der Waals surface area contributed by atoms with Gasteiger partial charge in [-0.05, 0) is 36.4 Å². The van der Waals surface area contributed by atoms with Crippen LogP contribution in [0, 0.1) is 0 Å². The van der Waals surface area contributed by atoms with Gasteiger partial charge in [-0.25, -0.2) is 9.78 Å². The minimum atomic E-state index is -0.432. The van der Waals surface area contributed by atoms with Crippen LogP contribution in [0.4, 0.5) is 17.2 Å². The Kier molecular flexibility index (Phi) is 4.75. The highest BCUT2D eigenvalue weighted by Crippen LogP contribution is 2.22. The van der Waals surface area contributed by atoms with E-state index in [1.807, 2.05) is 0 Å². The van der Waals surface area contributed by atoms with Gasteiger partial charge in [-0.3, -0.25) is 4.79 Å². The highest BCUT2D eigenvalue weighted by atomic mass is 16.5. The minimum absolute atomic E-state index is 0.205. The molecule has 7 nitrogen and oxygen atoms in total. The van der Waals surface area contributed by atoms with Crippen molar-refractivity contribution in [3.8, 4) is 0 Å². The zero-order chi connectivity index (χ0) is 17.6. The van der Waals surface area contributed by atoms with Gasteiger partial charge < -0.3 is 19.8 Å². The lowest BCUT2D eigenvalue weighted by atomic mass is 10.1. The van der Waals surface area contributed by atoms with Crippen molar-refractivity contribution in [2.24, 2.45) is 0 Å². The van der Waals surface area contributed by atoms with Gasteiger partial charge in [0.1, 0.15) is 5.82 Å². The Balaban J connectivity index is 1.71. The largest absolute Gasteiger partial charge is 0.465 e. The van der Waals surface area contributed by atoms with Gasteiger partial charge in [0.15, 0.2) is 5.76 Å². The van der Waals surface area contributed by atoms with Crippen LogP contribution in [0.15, 0.2) is 65.4 Å². The number of aromatic nitrogens is 1. The summed E-state index contributed by atoms with van der Waals surface area (Å²) in [6.45, 7) is 0. The van der Waals surface area contributed by atoms with Gasteiger partial charge in [0.2, 0.25) is 0 Å². The number of esters is 1. The predicted octanol–water partition coefficient (Wildman–Crippen LogP) is 3.46. The number of amides is 1. The average molecular weight is 337 g/mol. The van der Waals surface area contributed by atoms with E-state index in [9.17, 15) is 9.59 Å². The van der Waals surface area contributed by atoms with Gasteiger partial charge in [-0.2, -0.15) is 0 Å². The molecule has 2 heterocycles. The number of carbonyl (C=O) groups is 2. The van der Waals surface area contributed by atoms with Crippen LogP contribution in [0.25, 0.3) is 0 Å². The van der Waals surface area contributed by atoms with Crippen LogP contribution in [0.1, 0.15) is 20.9 Å². The number of hydrogen-bond donors (Lipinski definition) is 2. The Hall–Kier alpha value is -3.61. The van der Waals surface area contributed by atoms with Crippen LogP contribution < -0.4 is 10.6 Å². The van der Waals surface area contributed by atoms with E-state index in [1.54, 1.807) is 54.7 Å². The molecule has 7 heteroatoms. The molecule has 2 N–H and O–H groups in total. The number of carbonyl (C=O) groups excluding carboxylic acids is 2. The molecule has 0 atom stereocenters. The van der Waals surface area contributed by atoms with Crippen LogP contribution in [0.3, 0.4) is 0 Å². The summed E-state index contributed by atoms with van der Waals surface area (Å²) in [7, 11) is 1.33. The highest BCUT2D eigenvalue weighted by Gasteiger charge is 2.12. The lowest BCUT2D eigenvalue weighted by Crippen LogP contribution is -2.12. The van der Waals surface area contributed by atoms with Crippen molar-refractivity contribution in [1.29, 1.82) is 0 Å². The molecule has 0 aliphatic rings. The van der Waals surface area contributed by atoms with Crippen LogP contribution >= 0.6 is 0 Å². The van der Waals surface area contributed by atoms with Crippen molar-refractivity contribution in [3.63, 3.8) is 0 Å². The number of hydrogen-bond acceptors (Lipinski definition) is 6. The van der Waals surface area contributed by atoms with E-state index in [4.69, 9.17) is 9.15 Å². The van der Waals surface area contributed by atoms with E-state index >= 15 is 0 Å². The molecule has 0 unspecified atom stereocenters. The zero-order valence-corrected chi connectivity index (χ0v) is 13.4. The molecule has 0 radical (unpaired) electrons. The fourth-order valence-electron chi connectivity index (χ4n) is 2.16.